The number of benzene rings is 4. The first-order valence-corrected chi connectivity index (χ1v) is 17.0. The molecule has 0 heterocycles. The summed E-state index contributed by atoms with van der Waals surface area (Å²) >= 11 is 3.38. The van der Waals surface area contributed by atoms with Crippen molar-refractivity contribution < 1.29 is 22.4 Å². The van der Waals surface area contributed by atoms with Gasteiger partial charge < -0.3 is 10.2 Å². The van der Waals surface area contributed by atoms with E-state index in [0.29, 0.717) is 6.54 Å². The summed E-state index contributed by atoms with van der Waals surface area (Å²) in [6, 6.07) is 27.2. The van der Waals surface area contributed by atoms with E-state index >= 15 is 4.39 Å². The molecule has 10 heteroatoms. The van der Waals surface area contributed by atoms with Gasteiger partial charge in [-0.1, -0.05) is 95.5 Å². The van der Waals surface area contributed by atoms with Crippen molar-refractivity contribution in [3.63, 3.8) is 0 Å². The number of amides is 2. The Bertz CT molecular complexity index is 1680. The van der Waals surface area contributed by atoms with Gasteiger partial charge in [0.25, 0.3) is 10.0 Å². The highest BCUT2D eigenvalue weighted by atomic mass is 79.9. The van der Waals surface area contributed by atoms with Gasteiger partial charge in [0, 0.05) is 29.5 Å². The predicted molar refractivity (Wildman–Crippen MR) is 179 cm³/mol. The molecule has 0 saturated carbocycles. The first kappa shape index (κ1) is 33.9. The molecule has 0 saturated heterocycles. The molecule has 0 aliphatic carbocycles. The highest BCUT2D eigenvalue weighted by Crippen LogP contribution is 2.27. The van der Waals surface area contributed by atoms with Crippen LogP contribution in [0.1, 0.15) is 36.5 Å². The van der Waals surface area contributed by atoms with Gasteiger partial charge in [-0.15, -0.1) is 0 Å². The number of nitrogens with one attached hydrogen (secondary N) is 1. The standard InChI is InChI=1S/C35H37BrFN3O4S/c1-3-4-22-38-35(42)33(23-27-10-6-5-7-11-27)39(24-28-12-8-9-13-32(28)37)34(41)25-40(30-18-16-29(36)17-19-30)45(43,44)31-20-14-26(2)15-21-31/h5-21,33H,3-4,22-25H2,1-2H3,(H,38,42)/t33-/m0/s1. The van der Waals surface area contributed by atoms with E-state index in [1.54, 1.807) is 54.6 Å². The molecule has 0 spiro atoms. The smallest absolute Gasteiger partial charge is 0.264 e. The third-order valence-electron chi connectivity index (χ3n) is 7.40. The SMILES string of the molecule is CCCCNC(=O)[C@H](Cc1ccccc1)N(Cc1ccccc1F)C(=O)CN(c1ccc(Br)cc1)S(=O)(=O)c1ccc(C)cc1. The molecule has 0 fully saturated rings. The molecular weight excluding hydrogens is 657 g/mol. The number of rotatable bonds is 14. The Balaban J connectivity index is 1.79. The minimum Gasteiger partial charge on any atom is -0.354 e. The molecule has 7 nitrogen and oxygen atoms in total. The number of carbonyl (C=O) groups is 2. The second-order valence-corrected chi connectivity index (χ2v) is 13.5. The van der Waals surface area contributed by atoms with Crippen LogP contribution < -0.4 is 9.62 Å². The van der Waals surface area contributed by atoms with E-state index < -0.39 is 40.2 Å². The quantitative estimate of drug-likeness (QED) is 0.150. The largest absolute Gasteiger partial charge is 0.354 e. The summed E-state index contributed by atoms with van der Waals surface area (Å²) in [5.41, 5.74) is 2.16. The molecular formula is C35H37BrFN3O4S. The summed E-state index contributed by atoms with van der Waals surface area (Å²) in [5.74, 6) is -1.57. The number of aryl methyl sites for hydroxylation is 1. The second-order valence-electron chi connectivity index (χ2n) is 10.8. The lowest BCUT2D eigenvalue weighted by atomic mass is 10.0. The van der Waals surface area contributed by atoms with E-state index in [1.165, 1.54) is 23.1 Å². The number of unbranched alkanes of at least 4 members (excludes halogenated alkanes) is 1. The van der Waals surface area contributed by atoms with Gasteiger partial charge in [0.15, 0.2) is 0 Å². The molecule has 2 amide bonds. The van der Waals surface area contributed by atoms with Gasteiger partial charge in [0.2, 0.25) is 11.8 Å². The summed E-state index contributed by atoms with van der Waals surface area (Å²) < 4.78 is 44.9. The lowest BCUT2D eigenvalue weighted by molar-refractivity contribution is -0.140. The van der Waals surface area contributed by atoms with Crippen LogP contribution in [-0.2, 0) is 32.6 Å². The summed E-state index contributed by atoms with van der Waals surface area (Å²) in [7, 11) is -4.22. The third-order valence-corrected chi connectivity index (χ3v) is 9.72. The molecule has 0 unspecified atom stereocenters. The van der Waals surface area contributed by atoms with Crippen molar-refractivity contribution in [3.8, 4) is 0 Å². The maximum atomic E-state index is 15.0. The molecule has 0 radical (unpaired) electrons. The van der Waals surface area contributed by atoms with Crippen molar-refractivity contribution in [3.05, 3.63) is 130 Å². The van der Waals surface area contributed by atoms with E-state index in [9.17, 15) is 18.0 Å². The van der Waals surface area contributed by atoms with E-state index in [1.807, 2.05) is 44.2 Å². The van der Waals surface area contributed by atoms with Gasteiger partial charge in [-0.25, -0.2) is 12.8 Å². The summed E-state index contributed by atoms with van der Waals surface area (Å²) in [5, 5.41) is 2.93. The number of carbonyl (C=O) groups excluding carboxylic acids is 2. The van der Waals surface area contributed by atoms with Crippen LogP contribution in [0.2, 0.25) is 0 Å². The maximum absolute atomic E-state index is 15.0. The van der Waals surface area contributed by atoms with Crippen LogP contribution in [0.4, 0.5) is 10.1 Å². The number of halogens is 2. The van der Waals surface area contributed by atoms with E-state index in [4.69, 9.17) is 0 Å². The van der Waals surface area contributed by atoms with E-state index in [-0.39, 0.29) is 29.1 Å². The molecule has 1 atom stereocenters. The Morgan fingerprint density at radius 3 is 2.18 bits per heavy atom. The number of hydrogen-bond donors (Lipinski definition) is 1. The molecule has 1 N–H and O–H groups in total. The molecule has 0 aromatic heterocycles. The molecule has 0 bridgehead atoms. The molecule has 236 valence electrons. The Hall–Kier alpha value is -4.02. The van der Waals surface area contributed by atoms with Crippen molar-refractivity contribution in [2.24, 2.45) is 0 Å². The third kappa shape index (κ3) is 9.02. The van der Waals surface area contributed by atoms with Gasteiger partial charge in [0.1, 0.15) is 18.4 Å². The Kier molecular flexibility index (Phi) is 11.9. The van der Waals surface area contributed by atoms with Gasteiger partial charge in [0.05, 0.1) is 10.6 Å². The van der Waals surface area contributed by atoms with Crippen LogP contribution in [-0.4, -0.2) is 44.3 Å². The highest BCUT2D eigenvalue weighted by molar-refractivity contribution is 9.10. The van der Waals surface area contributed by atoms with Crippen molar-refractivity contribution in [2.45, 2.75) is 50.6 Å². The summed E-state index contributed by atoms with van der Waals surface area (Å²) in [6.07, 6.45) is 1.76. The topological polar surface area (TPSA) is 86.8 Å². The predicted octanol–water partition coefficient (Wildman–Crippen LogP) is 6.65. The Labute approximate surface area is 273 Å². The molecule has 4 aromatic rings. The highest BCUT2D eigenvalue weighted by Gasteiger charge is 2.35. The monoisotopic (exact) mass is 693 g/mol. The average Bonchev–Trinajstić information content (AvgIpc) is 3.03. The van der Waals surface area contributed by atoms with Crippen LogP contribution in [0.5, 0.6) is 0 Å². The zero-order chi connectivity index (χ0) is 32.4. The molecule has 4 rings (SSSR count). The van der Waals surface area contributed by atoms with Crippen LogP contribution in [0.15, 0.2) is 112 Å². The zero-order valence-corrected chi connectivity index (χ0v) is 27.7. The van der Waals surface area contributed by atoms with Crippen LogP contribution >= 0.6 is 15.9 Å². The van der Waals surface area contributed by atoms with Crippen molar-refractivity contribution >= 4 is 43.5 Å². The van der Waals surface area contributed by atoms with Crippen molar-refractivity contribution in [1.82, 2.24) is 10.2 Å². The molecule has 0 aliphatic rings. The number of hydrogen-bond acceptors (Lipinski definition) is 4. The molecule has 0 aliphatic heterocycles. The van der Waals surface area contributed by atoms with Crippen LogP contribution in [0.3, 0.4) is 0 Å². The van der Waals surface area contributed by atoms with Gasteiger partial charge in [-0.2, -0.15) is 0 Å². The normalized spacial score (nSPS) is 11.9. The van der Waals surface area contributed by atoms with Crippen LogP contribution in [0, 0.1) is 12.7 Å². The Morgan fingerprint density at radius 2 is 1.53 bits per heavy atom. The minimum absolute atomic E-state index is 0.0163. The van der Waals surface area contributed by atoms with Crippen LogP contribution in [0.25, 0.3) is 0 Å². The van der Waals surface area contributed by atoms with Crippen molar-refractivity contribution in [2.75, 3.05) is 17.4 Å². The molecule has 45 heavy (non-hydrogen) atoms. The minimum atomic E-state index is -4.22. The molecule has 4 aromatic carbocycles. The van der Waals surface area contributed by atoms with E-state index in [0.717, 1.165) is 32.7 Å². The average molecular weight is 695 g/mol. The number of anilines is 1. The lowest BCUT2D eigenvalue weighted by Crippen LogP contribution is -2.53. The fourth-order valence-electron chi connectivity index (χ4n) is 4.84. The fraction of sp³-hybridized carbons (Fsp3) is 0.257. The Morgan fingerprint density at radius 1 is 0.889 bits per heavy atom. The fourth-order valence-corrected chi connectivity index (χ4v) is 6.52. The first-order chi connectivity index (χ1) is 21.6. The van der Waals surface area contributed by atoms with Crippen molar-refractivity contribution in [1.29, 1.82) is 0 Å². The second kappa shape index (κ2) is 15.8. The van der Waals surface area contributed by atoms with Gasteiger partial charge in [-0.05, 0) is 61.4 Å². The number of nitrogens with zero attached hydrogens (tertiary/aromatic N) is 2. The van der Waals surface area contributed by atoms with E-state index in [2.05, 4.69) is 21.2 Å². The maximum Gasteiger partial charge on any atom is 0.264 e. The first-order valence-electron chi connectivity index (χ1n) is 14.8. The number of sulfonamides is 1. The van der Waals surface area contributed by atoms with Gasteiger partial charge >= 0.3 is 0 Å². The lowest BCUT2D eigenvalue weighted by Gasteiger charge is -2.34. The summed E-state index contributed by atoms with van der Waals surface area (Å²) in [4.78, 5) is 29.5. The zero-order valence-electron chi connectivity index (χ0n) is 25.3. The summed E-state index contributed by atoms with van der Waals surface area (Å²) in [6.45, 7) is 3.43. The van der Waals surface area contributed by atoms with Gasteiger partial charge in [-0.3, -0.25) is 13.9 Å².